The lowest BCUT2D eigenvalue weighted by molar-refractivity contribution is -0.113. The third-order valence-corrected chi connectivity index (χ3v) is 6.97. The molecule has 6 nitrogen and oxygen atoms in total. The second kappa shape index (κ2) is 10.2. The van der Waals surface area contributed by atoms with Gasteiger partial charge >= 0.3 is 0 Å². The number of benzene rings is 2. The summed E-state index contributed by atoms with van der Waals surface area (Å²) in [5.74, 6) is 1.94. The van der Waals surface area contributed by atoms with E-state index in [2.05, 4.69) is 20.1 Å². The van der Waals surface area contributed by atoms with Gasteiger partial charge in [-0.2, -0.15) is 0 Å². The van der Waals surface area contributed by atoms with Crippen LogP contribution in [0.3, 0.4) is 0 Å². The summed E-state index contributed by atoms with van der Waals surface area (Å²) in [6.07, 6.45) is 5.92. The van der Waals surface area contributed by atoms with Gasteiger partial charge in [0, 0.05) is 17.3 Å². The zero-order valence-electron chi connectivity index (χ0n) is 18.9. The number of carbonyl (C=O) groups is 1. The molecule has 1 saturated carbocycles. The molecule has 3 aromatic rings. The zero-order chi connectivity index (χ0) is 22.5. The summed E-state index contributed by atoms with van der Waals surface area (Å²) < 4.78 is 7.54. The summed E-state index contributed by atoms with van der Waals surface area (Å²) in [6.45, 7) is 4.02. The van der Waals surface area contributed by atoms with E-state index >= 15 is 0 Å². The predicted molar refractivity (Wildman–Crippen MR) is 129 cm³/mol. The Balaban J connectivity index is 1.55. The molecule has 0 bridgehead atoms. The van der Waals surface area contributed by atoms with Gasteiger partial charge in [-0.25, -0.2) is 0 Å². The third kappa shape index (κ3) is 4.99. The molecule has 32 heavy (non-hydrogen) atoms. The van der Waals surface area contributed by atoms with Crippen molar-refractivity contribution >= 4 is 23.4 Å². The van der Waals surface area contributed by atoms with Crippen LogP contribution in [0.25, 0.3) is 11.4 Å². The first-order chi connectivity index (χ1) is 15.6. The van der Waals surface area contributed by atoms with E-state index in [1.807, 2.05) is 56.3 Å². The Kier molecular flexibility index (Phi) is 7.15. The maximum Gasteiger partial charge on any atom is 0.234 e. The van der Waals surface area contributed by atoms with Gasteiger partial charge in [0.25, 0.3) is 0 Å². The molecule has 1 amide bonds. The molecular weight excluding hydrogens is 420 g/mol. The molecule has 1 aliphatic carbocycles. The average molecular weight is 451 g/mol. The van der Waals surface area contributed by atoms with Crippen LogP contribution in [0.4, 0.5) is 5.69 Å². The lowest BCUT2D eigenvalue weighted by Crippen LogP contribution is -2.18. The van der Waals surface area contributed by atoms with Crippen LogP contribution in [0, 0.1) is 13.8 Å². The normalized spacial score (nSPS) is 14.3. The van der Waals surface area contributed by atoms with E-state index in [1.165, 1.54) is 31.0 Å². The molecule has 1 fully saturated rings. The summed E-state index contributed by atoms with van der Waals surface area (Å²) >= 11 is 1.46. The molecule has 1 aliphatic rings. The quantitative estimate of drug-likeness (QED) is 0.460. The highest BCUT2D eigenvalue weighted by Gasteiger charge is 2.24. The minimum Gasteiger partial charge on any atom is -0.497 e. The van der Waals surface area contributed by atoms with E-state index in [0.29, 0.717) is 11.8 Å². The lowest BCUT2D eigenvalue weighted by atomic mass is 9.95. The number of amides is 1. The van der Waals surface area contributed by atoms with Crippen LogP contribution in [0.5, 0.6) is 5.75 Å². The fourth-order valence-corrected chi connectivity index (χ4v) is 5.10. The second-order valence-electron chi connectivity index (χ2n) is 8.30. The Morgan fingerprint density at radius 1 is 1.06 bits per heavy atom. The SMILES string of the molecule is COc1ccc(-c2nnc(SCC(=O)Nc3c(C)cccc3C)n2C2CCCCC2)cc1. The number of aryl methyl sites for hydroxylation is 2. The van der Waals surface area contributed by atoms with Gasteiger partial charge in [0.2, 0.25) is 5.91 Å². The summed E-state index contributed by atoms with van der Waals surface area (Å²) in [4.78, 5) is 12.7. The highest BCUT2D eigenvalue weighted by atomic mass is 32.2. The first kappa shape index (κ1) is 22.4. The van der Waals surface area contributed by atoms with Gasteiger partial charge < -0.3 is 10.1 Å². The van der Waals surface area contributed by atoms with Gasteiger partial charge in [0.1, 0.15) is 5.75 Å². The van der Waals surface area contributed by atoms with E-state index in [1.54, 1.807) is 7.11 Å². The van der Waals surface area contributed by atoms with Gasteiger partial charge in [-0.1, -0.05) is 49.2 Å². The average Bonchev–Trinajstić information content (AvgIpc) is 3.25. The van der Waals surface area contributed by atoms with Gasteiger partial charge in [-0.15, -0.1) is 10.2 Å². The van der Waals surface area contributed by atoms with Gasteiger partial charge in [0.05, 0.1) is 12.9 Å². The van der Waals surface area contributed by atoms with Crippen molar-refractivity contribution in [2.24, 2.45) is 0 Å². The van der Waals surface area contributed by atoms with E-state index in [-0.39, 0.29) is 5.91 Å². The molecule has 1 heterocycles. The van der Waals surface area contributed by atoms with E-state index in [0.717, 1.165) is 51.9 Å². The van der Waals surface area contributed by atoms with Gasteiger partial charge in [0.15, 0.2) is 11.0 Å². The van der Waals surface area contributed by atoms with E-state index in [9.17, 15) is 4.79 Å². The number of thioether (sulfide) groups is 1. The number of hydrogen-bond acceptors (Lipinski definition) is 5. The highest BCUT2D eigenvalue weighted by Crippen LogP contribution is 2.36. The van der Waals surface area contributed by atoms with E-state index in [4.69, 9.17) is 4.74 Å². The van der Waals surface area contributed by atoms with Crippen molar-refractivity contribution in [2.75, 3.05) is 18.2 Å². The number of nitrogens with one attached hydrogen (secondary N) is 1. The topological polar surface area (TPSA) is 69.0 Å². The van der Waals surface area contributed by atoms with Crippen LogP contribution in [-0.4, -0.2) is 33.5 Å². The Labute approximate surface area is 193 Å². The molecule has 4 rings (SSSR count). The summed E-state index contributed by atoms with van der Waals surface area (Å²) in [6, 6.07) is 14.3. The molecule has 0 aliphatic heterocycles. The van der Waals surface area contributed by atoms with E-state index < -0.39 is 0 Å². The summed E-state index contributed by atoms with van der Waals surface area (Å²) in [5.41, 5.74) is 4.03. The molecule has 0 spiro atoms. The number of ether oxygens (including phenoxy) is 1. The number of rotatable bonds is 7. The van der Waals surface area contributed by atoms with Gasteiger partial charge in [-0.3, -0.25) is 9.36 Å². The molecule has 7 heteroatoms. The Morgan fingerprint density at radius 3 is 2.41 bits per heavy atom. The maximum absolute atomic E-state index is 12.7. The lowest BCUT2D eigenvalue weighted by Gasteiger charge is -2.25. The molecule has 0 saturated heterocycles. The van der Waals surface area contributed by atoms with Crippen LogP contribution in [0.2, 0.25) is 0 Å². The number of nitrogens with zero attached hydrogens (tertiary/aromatic N) is 3. The van der Waals surface area contributed by atoms with Crippen LogP contribution >= 0.6 is 11.8 Å². The standard InChI is InChI=1S/C25H30N4O2S/c1-17-8-7-9-18(2)23(17)26-22(30)16-32-25-28-27-24(19-12-14-21(31-3)15-13-19)29(25)20-10-5-4-6-11-20/h7-9,12-15,20H,4-6,10-11,16H2,1-3H3,(H,26,30). The first-order valence-corrected chi connectivity index (χ1v) is 12.1. The van der Waals surface area contributed by atoms with Crippen molar-refractivity contribution in [3.63, 3.8) is 0 Å². The number of methoxy groups -OCH3 is 1. The van der Waals surface area contributed by atoms with Crippen molar-refractivity contribution < 1.29 is 9.53 Å². The smallest absolute Gasteiger partial charge is 0.234 e. The van der Waals surface area contributed by atoms with Crippen LogP contribution < -0.4 is 10.1 Å². The molecular formula is C25H30N4O2S. The second-order valence-corrected chi connectivity index (χ2v) is 9.24. The van der Waals surface area contributed by atoms with Crippen LogP contribution in [0.1, 0.15) is 49.3 Å². The number of carbonyl (C=O) groups excluding carboxylic acids is 1. The van der Waals surface area contributed by atoms with Crippen molar-refractivity contribution in [3.05, 3.63) is 53.6 Å². The monoisotopic (exact) mass is 450 g/mol. The van der Waals surface area contributed by atoms with Crippen LogP contribution in [0.15, 0.2) is 47.6 Å². The molecule has 1 N–H and O–H groups in total. The summed E-state index contributed by atoms with van der Waals surface area (Å²) in [5, 5.41) is 12.9. The summed E-state index contributed by atoms with van der Waals surface area (Å²) in [7, 11) is 1.66. The largest absolute Gasteiger partial charge is 0.497 e. The predicted octanol–water partition coefficient (Wildman–Crippen LogP) is 5.81. The first-order valence-electron chi connectivity index (χ1n) is 11.1. The molecule has 0 unspecified atom stereocenters. The van der Waals surface area contributed by atoms with Crippen molar-refractivity contribution in [1.29, 1.82) is 0 Å². The molecule has 168 valence electrons. The number of para-hydroxylation sites is 1. The molecule has 0 atom stereocenters. The fourth-order valence-electron chi connectivity index (χ4n) is 4.30. The Bertz CT molecular complexity index is 1050. The minimum atomic E-state index is -0.0309. The Morgan fingerprint density at radius 2 is 1.75 bits per heavy atom. The maximum atomic E-state index is 12.7. The molecule has 0 radical (unpaired) electrons. The van der Waals surface area contributed by atoms with Crippen molar-refractivity contribution in [2.45, 2.75) is 57.1 Å². The van der Waals surface area contributed by atoms with Crippen molar-refractivity contribution in [1.82, 2.24) is 14.8 Å². The Hall–Kier alpha value is -2.80. The molecule has 1 aromatic heterocycles. The fraction of sp³-hybridized carbons (Fsp3) is 0.400. The highest BCUT2D eigenvalue weighted by molar-refractivity contribution is 7.99. The van der Waals surface area contributed by atoms with Gasteiger partial charge in [-0.05, 0) is 62.1 Å². The van der Waals surface area contributed by atoms with Crippen molar-refractivity contribution in [3.8, 4) is 17.1 Å². The zero-order valence-corrected chi connectivity index (χ0v) is 19.7. The number of hydrogen-bond donors (Lipinski definition) is 1. The third-order valence-electron chi connectivity index (χ3n) is 6.03. The minimum absolute atomic E-state index is 0.0309. The number of aromatic nitrogens is 3. The number of anilines is 1. The molecule has 2 aromatic carbocycles. The van der Waals surface area contributed by atoms with Crippen LogP contribution in [-0.2, 0) is 4.79 Å².